The molecular weight excluding hydrogens is 456 g/mol. The minimum Gasteiger partial charge on any atom is -0.463 e. The SMILES string of the molecule is CCCCC(C(=O)OC[C@H](O)[C@H]1OC(=O)C(O[C@H]2O[C@H](CO)[C@@H](O)[C@H](O)[C@H]2O)C1=O)C(C)CC. The van der Waals surface area contributed by atoms with Gasteiger partial charge in [-0.1, -0.05) is 40.0 Å². The van der Waals surface area contributed by atoms with Crippen LogP contribution in [0.15, 0.2) is 0 Å². The maximum atomic E-state index is 12.6. The Morgan fingerprint density at radius 1 is 1.12 bits per heavy atom. The number of unbranched alkanes of at least 4 members (excludes halogenated alkanes) is 1. The first kappa shape index (κ1) is 28.6. The maximum Gasteiger partial charge on any atom is 0.344 e. The zero-order valence-corrected chi connectivity index (χ0v) is 19.6. The van der Waals surface area contributed by atoms with E-state index in [1.54, 1.807) is 0 Å². The Kier molecular flexibility index (Phi) is 10.8. The molecule has 2 rings (SSSR count). The van der Waals surface area contributed by atoms with E-state index in [0.29, 0.717) is 6.42 Å². The molecule has 196 valence electrons. The lowest BCUT2D eigenvalue weighted by Gasteiger charge is -2.39. The van der Waals surface area contributed by atoms with Crippen molar-refractivity contribution in [1.29, 1.82) is 0 Å². The van der Waals surface area contributed by atoms with Crippen LogP contribution in [0.3, 0.4) is 0 Å². The van der Waals surface area contributed by atoms with E-state index in [1.807, 2.05) is 20.8 Å². The van der Waals surface area contributed by atoms with E-state index in [1.165, 1.54) is 0 Å². The molecule has 10 atom stereocenters. The van der Waals surface area contributed by atoms with Crippen LogP contribution in [0.1, 0.15) is 46.5 Å². The molecule has 12 heteroatoms. The van der Waals surface area contributed by atoms with Gasteiger partial charge in [0.1, 0.15) is 37.1 Å². The second-order valence-corrected chi connectivity index (χ2v) is 8.80. The fourth-order valence-corrected chi connectivity index (χ4v) is 3.92. The number of carbonyl (C=O) groups is 3. The van der Waals surface area contributed by atoms with E-state index in [9.17, 15) is 39.9 Å². The van der Waals surface area contributed by atoms with Crippen molar-refractivity contribution in [2.24, 2.45) is 11.8 Å². The van der Waals surface area contributed by atoms with Gasteiger partial charge in [0.15, 0.2) is 12.4 Å². The summed E-state index contributed by atoms with van der Waals surface area (Å²) in [6.07, 6.45) is -10.4. The number of hydrogen-bond acceptors (Lipinski definition) is 12. The molecule has 0 amide bonds. The summed E-state index contributed by atoms with van der Waals surface area (Å²) in [5.74, 6) is -2.96. The quantitative estimate of drug-likeness (QED) is 0.156. The Bertz CT molecular complexity index is 697. The van der Waals surface area contributed by atoms with Gasteiger partial charge in [0.05, 0.1) is 12.5 Å². The van der Waals surface area contributed by atoms with Crippen LogP contribution in [-0.2, 0) is 33.3 Å². The zero-order valence-electron chi connectivity index (χ0n) is 19.6. The normalized spacial score (nSPS) is 34.4. The first-order chi connectivity index (χ1) is 16.1. The Morgan fingerprint density at radius 3 is 2.38 bits per heavy atom. The summed E-state index contributed by atoms with van der Waals surface area (Å²) in [4.78, 5) is 37.4. The summed E-state index contributed by atoms with van der Waals surface area (Å²) in [7, 11) is 0. The fraction of sp³-hybridized carbons (Fsp3) is 0.864. The molecule has 2 heterocycles. The Morgan fingerprint density at radius 2 is 1.79 bits per heavy atom. The molecule has 2 fully saturated rings. The number of Topliss-reactive ketones (excluding diaryl/α,β-unsaturated/α-hetero) is 1. The Hall–Kier alpha value is -1.67. The van der Waals surface area contributed by atoms with Gasteiger partial charge < -0.3 is 44.5 Å². The Labute approximate surface area is 197 Å². The van der Waals surface area contributed by atoms with Crippen LogP contribution >= 0.6 is 0 Å². The van der Waals surface area contributed by atoms with Gasteiger partial charge in [-0.05, 0) is 12.3 Å². The van der Waals surface area contributed by atoms with Crippen molar-refractivity contribution in [1.82, 2.24) is 0 Å². The van der Waals surface area contributed by atoms with E-state index in [0.717, 1.165) is 19.3 Å². The first-order valence-electron chi connectivity index (χ1n) is 11.6. The van der Waals surface area contributed by atoms with Crippen LogP contribution in [0.5, 0.6) is 0 Å². The van der Waals surface area contributed by atoms with E-state index in [2.05, 4.69) is 0 Å². The van der Waals surface area contributed by atoms with Crippen LogP contribution in [-0.4, -0.2) is 105 Å². The van der Waals surface area contributed by atoms with Gasteiger partial charge in [-0.3, -0.25) is 9.59 Å². The summed E-state index contributed by atoms with van der Waals surface area (Å²) in [5, 5.41) is 49.3. The highest BCUT2D eigenvalue weighted by Crippen LogP contribution is 2.27. The first-order valence-corrected chi connectivity index (χ1v) is 11.6. The molecule has 0 aromatic carbocycles. The smallest absolute Gasteiger partial charge is 0.344 e. The van der Waals surface area contributed by atoms with Crippen molar-refractivity contribution >= 4 is 17.7 Å². The van der Waals surface area contributed by atoms with Crippen molar-refractivity contribution < 1.29 is 58.9 Å². The molecular formula is C22H36O12. The standard InChI is InChI=1S/C22H36O12/c1-4-6-7-11(10(3)5-2)20(29)31-9-12(24)18-17(28)19(21(30)33-18)34-22-16(27)15(26)14(25)13(8-23)32-22/h10-16,18-19,22-27H,4-9H2,1-3H3/t10?,11?,12-,13+,14+,15-,16+,18+,19?,22+/m0/s1. The average Bonchev–Trinajstić information content (AvgIpc) is 3.10. The molecule has 0 aromatic heterocycles. The summed E-state index contributed by atoms with van der Waals surface area (Å²) < 4.78 is 20.4. The number of ketones is 1. The van der Waals surface area contributed by atoms with Crippen LogP contribution < -0.4 is 0 Å². The average molecular weight is 493 g/mol. The van der Waals surface area contributed by atoms with Gasteiger partial charge in [0.2, 0.25) is 11.9 Å². The van der Waals surface area contributed by atoms with Gasteiger partial charge in [-0.2, -0.15) is 0 Å². The third-order valence-corrected chi connectivity index (χ3v) is 6.36. The second-order valence-electron chi connectivity index (χ2n) is 8.80. The largest absolute Gasteiger partial charge is 0.463 e. The Balaban J connectivity index is 1.97. The summed E-state index contributed by atoms with van der Waals surface area (Å²) in [5.41, 5.74) is 0. The third kappa shape index (κ3) is 6.51. The zero-order chi connectivity index (χ0) is 25.6. The predicted octanol–water partition coefficient (Wildman–Crippen LogP) is -1.58. The lowest BCUT2D eigenvalue weighted by Crippen LogP contribution is -2.60. The number of ether oxygens (including phenoxy) is 4. The van der Waals surface area contributed by atoms with Gasteiger partial charge in [-0.15, -0.1) is 0 Å². The lowest BCUT2D eigenvalue weighted by molar-refractivity contribution is -0.305. The summed E-state index contributed by atoms with van der Waals surface area (Å²) in [6, 6.07) is 0. The number of esters is 2. The van der Waals surface area contributed by atoms with E-state index >= 15 is 0 Å². The number of cyclic esters (lactones) is 1. The van der Waals surface area contributed by atoms with E-state index in [4.69, 9.17) is 18.9 Å². The van der Waals surface area contributed by atoms with E-state index in [-0.39, 0.29) is 11.8 Å². The maximum absolute atomic E-state index is 12.6. The highest BCUT2D eigenvalue weighted by Gasteiger charge is 2.52. The number of aliphatic hydroxyl groups is 5. The monoisotopic (exact) mass is 492 g/mol. The highest BCUT2D eigenvalue weighted by atomic mass is 16.7. The molecule has 0 bridgehead atoms. The highest BCUT2D eigenvalue weighted by molar-refractivity contribution is 6.09. The van der Waals surface area contributed by atoms with Gasteiger partial charge in [0, 0.05) is 0 Å². The molecule has 34 heavy (non-hydrogen) atoms. The molecule has 2 aliphatic heterocycles. The van der Waals surface area contributed by atoms with Gasteiger partial charge >= 0.3 is 11.9 Å². The number of hydrogen-bond donors (Lipinski definition) is 5. The van der Waals surface area contributed by atoms with Crippen LogP contribution in [0.25, 0.3) is 0 Å². The molecule has 5 N–H and O–H groups in total. The number of aliphatic hydroxyl groups excluding tert-OH is 5. The molecule has 0 aromatic rings. The third-order valence-electron chi connectivity index (χ3n) is 6.36. The molecule has 0 spiro atoms. The van der Waals surface area contributed by atoms with Crippen molar-refractivity contribution in [2.75, 3.05) is 13.2 Å². The van der Waals surface area contributed by atoms with Crippen molar-refractivity contribution in [3.05, 3.63) is 0 Å². The predicted molar refractivity (Wildman–Crippen MR) is 113 cm³/mol. The molecule has 0 saturated carbocycles. The van der Waals surface area contributed by atoms with Crippen molar-refractivity contribution in [2.45, 2.75) is 95.5 Å². The van der Waals surface area contributed by atoms with Crippen LogP contribution in [0, 0.1) is 11.8 Å². The topological polar surface area (TPSA) is 189 Å². The molecule has 2 aliphatic rings. The summed E-state index contributed by atoms with van der Waals surface area (Å²) >= 11 is 0. The van der Waals surface area contributed by atoms with Gasteiger partial charge in [-0.25, -0.2) is 4.79 Å². The second kappa shape index (κ2) is 12.9. The number of rotatable bonds is 12. The van der Waals surface area contributed by atoms with Crippen LogP contribution in [0.2, 0.25) is 0 Å². The van der Waals surface area contributed by atoms with E-state index < -0.39 is 80.0 Å². The number of carbonyl (C=O) groups excluding carboxylic acids is 3. The molecule has 0 aliphatic carbocycles. The van der Waals surface area contributed by atoms with Crippen molar-refractivity contribution in [3.8, 4) is 0 Å². The molecule has 2 saturated heterocycles. The minimum absolute atomic E-state index is 0.0680. The van der Waals surface area contributed by atoms with Gasteiger partial charge in [0.25, 0.3) is 0 Å². The van der Waals surface area contributed by atoms with Crippen LogP contribution in [0.4, 0.5) is 0 Å². The minimum atomic E-state index is -1.89. The molecule has 0 radical (unpaired) electrons. The lowest BCUT2D eigenvalue weighted by atomic mass is 9.87. The molecule has 12 nitrogen and oxygen atoms in total. The molecule has 3 unspecified atom stereocenters. The van der Waals surface area contributed by atoms with Crippen molar-refractivity contribution in [3.63, 3.8) is 0 Å². The summed E-state index contributed by atoms with van der Waals surface area (Å²) in [6.45, 7) is 4.59. The fourth-order valence-electron chi connectivity index (χ4n) is 3.92.